The molecule has 2 aliphatic heterocycles. The van der Waals surface area contributed by atoms with Crippen molar-refractivity contribution < 1.29 is 9.53 Å². The van der Waals surface area contributed by atoms with Crippen molar-refractivity contribution in [3.63, 3.8) is 0 Å². The highest BCUT2D eigenvalue weighted by molar-refractivity contribution is 5.81. The second-order valence-electron chi connectivity index (χ2n) is 8.64. The molecule has 4 rings (SSSR count). The molecule has 3 heterocycles. The molecule has 0 unspecified atom stereocenters. The summed E-state index contributed by atoms with van der Waals surface area (Å²) < 4.78 is 7.96. The fraction of sp³-hybridized carbons (Fsp3) is 0.571. The molecule has 144 valence electrons. The number of amides is 1. The summed E-state index contributed by atoms with van der Waals surface area (Å²) in [5, 5.41) is 8.65. The number of para-hydroxylation sites is 1. The van der Waals surface area contributed by atoms with Gasteiger partial charge in [0.15, 0.2) is 6.10 Å². The minimum absolute atomic E-state index is 0.00350. The molecule has 2 aliphatic rings. The van der Waals surface area contributed by atoms with E-state index in [-0.39, 0.29) is 17.4 Å². The zero-order valence-corrected chi connectivity index (χ0v) is 16.4. The summed E-state index contributed by atoms with van der Waals surface area (Å²) >= 11 is 0. The van der Waals surface area contributed by atoms with Gasteiger partial charge in [-0.1, -0.05) is 44.2 Å². The fourth-order valence-electron chi connectivity index (χ4n) is 3.85. The van der Waals surface area contributed by atoms with Crippen molar-refractivity contribution in [2.75, 3.05) is 13.1 Å². The van der Waals surface area contributed by atoms with Crippen LogP contribution in [0, 0.1) is 0 Å². The summed E-state index contributed by atoms with van der Waals surface area (Å²) in [6.45, 7) is 7.92. The van der Waals surface area contributed by atoms with E-state index in [1.807, 2.05) is 27.8 Å². The van der Waals surface area contributed by atoms with Gasteiger partial charge in [0.25, 0.3) is 5.91 Å². The highest BCUT2D eigenvalue weighted by Gasteiger charge is 2.33. The second kappa shape index (κ2) is 6.98. The van der Waals surface area contributed by atoms with E-state index >= 15 is 0 Å². The van der Waals surface area contributed by atoms with Crippen LogP contribution < -0.4 is 4.74 Å². The molecule has 0 spiro atoms. The summed E-state index contributed by atoms with van der Waals surface area (Å²) in [6, 6.07) is 8.32. The van der Waals surface area contributed by atoms with Gasteiger partial charge in [-0.15, -0.1) is 5.10 Å². The van der Waals surface area contributed by atoms with Crippen LogP contribution >= 0.6 is 0 Å². The summed E-state index contributed by atoms with van der Waals surface area (Å²) in [7, 11) is 0. The van der Waals surface area contributed by atoms with Crippen LogP contribution in [0.1, 0.15) is 57.3 Å². The SMILES string of the molecule is CC(C)(C)c1cn(C2CCN(C(=O)[C@@H]3CCc4ccccc4O3)CC2)nn1. The number of carbonyl (C=O) groups excluding carboxylic acids is 1. The fourth-order valence-corrected chi connectivity index (χ4v) is 3.85. The lowest BCUT2D eigenvalue weighted by Gasteiger charge is -2.35. The number of hydrogen-bond acceptors (Lipinski definition) is 4. The van der Waals surface area contributed by atoms with Crippen LogP contribution in [-0.2, 0) is 16.6 Å². The molecular formula is C21H28N4O2. The number of piperidine rings is 1. The Morgan fingerprint density at radius 2 is 1.89 bits per heavy atom. The van der Waals surface area contributed by atoms with Crippen LogP contribution in [0.5, 0.6) is 5.75 Å². The highest BCUT2D eigenvalue weighted by atomic mass is 16.5. The Hall–Kier alpha value is -2.37. The largest absolute Gasteiger partial charge is 0.480 e. The molecule has 1 atom stereocenters. The Bertz CT molecular complexity index is 816. The van der Waals surface area contributed by atoms with Gasteiger partial charge in [0.05, 0.1) is 11.7 Å². The smallest absolute Gasteiger partial charge is 0.263 e. The summed E-state index contributed by atoms with van der Waals surface area (Å²) in [4.78, 5) is 14.9. The molecular weight excluding hydrogens is 340 g/mol. The first-order valence-corrected chi connectivity index (χ1v) is 9.87. The molecule has 0 radical (unpaired) electrons. The minimum Gasteiger partial charge on any atom is -0.480 e. The van der Waals surface area contributed by atoms with Gasteiger partial charge < -0.3 is 9.64 Å². The molecule has 6 nitrogen and oxygen atoms in total. The zero-order valence-electron chi connectivity index (χ0n) is 16.4. The number of aryl methyl sites for hydroxylation is 1. The lowest BCUT2D eigenvalue weighted by molar-refractivity contribution is -0.140. The molecule has 0 N–H and O–H groups in total. The third-order valence-electron chi connectivity index (χ3n) is 5.62. The van der Waals surface area contributed by atoms with E-state index < -0.39 is 0 Å². The van der Waals surface area contributed by atoms with Gasteiger partial charge in [-0.05, 0) is 37.3 Å². The van der Waals surface area contributed by atoms with E-state index in [9.17, 15) is 4.79 Å². The molecule has 0 aliphatic carbocycles. The Morgan fingerprint density at radius 1 is 1.15 bits per heavy atom. The average Bonchev–Trinajstić information content (AvgIpc) is 3.18. The predicted molar refractivity (Wildman–Crippen MR) is 103 cm³/mol. The molecule has 0 saturated carbocycles. The first-order valence-electron chi connectivity index (χ1n) is 9.87. The van der Waals surface area contributed by atoms with Crippen LogP contribution in [0.15, 0.2) is 30.5 Å². The molecule has 1 aromatic heterocycles. The van der Waals surface area contributed by atoms with Gasteiger partial charge in [0.2, 0.25) is 0 Å². The second-order valence-corrected chi connectivity index (χ2v) is 8.64. The van der Waals surface area contributed by atoms with Crippen molar-refractivity contribution in [3.8, 4) is 5.75 Å². The number of rotatable bonds is 2. The van der Waals surface area contributed by atoms with Crippen LogP contribution in [-0.4, -0.2) is 45.0 Å². The Labute approximate surface area is 160 Å². The molecule has 27 heavy (non-hydrogen) atoms. The number of nitrogens with zero attached hydrogens (tertiary/aromatic N) is 4. The van der Waals surface area contributed by atoms with Gasteiger partial charge in [-0.3, -0.25) is 4.79 Å². The Balaban J connectivity index is 1.35. The zero-order chi connectivity index (χ0) is 19.0. The average molecular weight is 368 g/mol. The number of carbonyl (C=O) groups is 1. The molecule has 2 aromatic rings. The van der Waals surface area contributed by atoms with Crippen molar-refractivity contribution in [1.29, 1.82) is 0 Å². The van der Waals surface area contributed by atoms with E-state index in [1.165, 1.54) is 5.56 Å². The number of ether oxygens (including phenoxy) is 1. The number of fused-ring (bicyclic) bond motifs is 1. The standard InChI is InChI=1S/C21H28N4O2/c1-21(2,3)19-14-25(23-22-19)16-10-12-24(13-11-16)20(26)18-9-8-15-6-4-5-7-17(15)27-18/h4-7,14,16,18H,8-13H2,1-3H3/t18-/m0/s1. The lowest BCUT2D eigenvalue weighted by Crippen LogP contribution is -2.47. The Morgan fingerprint density at radius 3 is 2.59 bits per heavy atom. The lowest BCUT2D eigenvalue weighted by atomic mass is 9.93. The first kappa shape index (κ1) is 18.0. The highest BCUT2D eigenvalue weighted by Crippen LogP contribution is 2.30. The third-order valence-corrected chi connectivity index (χ3v) is 5.62. The van der Waals surface area contributed by atoms with Crippen molar-refractivity contribution in [2.45, 2.75) is 64.0 Å². The van der Waals surface area contributed by atoms with Crippen LogP contribution in [0.2, 0.25) is 0 Å². The van der Waals surface area contributed by atoms with Gasteiger partial charge in [0.1, 0.15) is 5.75 Å². The van der Waals surface area contributed by atoms with Gasteiger partial charge >= 0.3 is 0 Å². The van der Waals surface area contributed by atoms with Gasteiger partial charge in [-0.2, -0.15) is 0 Å². The van der Waals surface area contributed by atoms with E-state index in [1.54, 1.807) is 0 Å². The van der Waals surface area contributed by atoms with Crippen molar-refractivity contribution in [3.05, 3.63) is 41.7 Å². The van der Waals surface area contributed by atoms with Crippen molar-refractivity contribution in [1.82, 2.24) is 19.9 Å². The maximum absolute atomic E-state index is 12.9. The summed E-state index contributed by atoms with van der Waals surface area (Å²) in [6.07, 6.45) is 5.17. The van der Waals surface area contributed by atoms with Crippen LogP contribution in [0.4, 0.5) is 0 Å². The quantitative estimate of drug-likeness (QED) is 0.817. The van der Waals surface area contributed by atoms with E-state index in [4.69, 9.17) is 4.74 Å². The van der Waals surface area contributed by atoms with E-state index in [0.717, 1.165) is 50.2 Å². The van der Waals surface area contributed by atoms with Gasteiger partial charge in [0, 0.05) is 24.7 Å². The van der Waals surface area contributed by atoms with Crippen molar-refractivity contribution >= 4 is 5.91 Å². The Kier molecular flexibility index (Phi) is 4.66. The normalized spacial score (nSPS) is 20.9. The topological polar surface area (TPSA) is 60.2 Å². The number of hydrogen-bond donors (Lipinski definition) is 0. The number of aromatic nitrogens is 3. The summed E-state index contributed by atoms with van der Waals surface area (Å²) in [5.74, 6) is 0.978. The minimum atomic E-state index is -0.352. The monoisotopic (exact) mass is 368 g/mol. The van der Waals surface area contributed by atoms with Crippen LogP contribution in [0.25, 0.3) is 0 Å². The number of benzene rings is 1. The van der Waals surface area contributed by atoms with Gasteiger partial charge in [-0.25, -0.2) is 4.68 Å². The van der Waals surface area contributed by atoms with E-state index in [0.29, 0.717) is 6.04 Å². The predicted octanol–water partition coefficient (Wildman–Crippen LogP) is 3.13. The maximum atomic E-state index is 12.9. The molecule has 1 amide bonds. The molecule has 1 aromatic carbocycles. The first-order chi connectivity index (χ1) is 12.9. The van der Waals surface area contributed by atoms with E-state index in [2.05, 4.69) is 43.3 Å². The third kappa shape index (κ3) is 3.70. The number of likely N-dealkylation sites (tertiary alicyclic amines) is 1. The maximum Gasteiger partial charge on any atom is 0.263 e. The molecule has 1 saturated heterocycles. The van der Waals surface area contributed by atoms with Crippen molar-refractivity contribution in [2.24, 2.45) is 0 Å². The van der Waals surface area contributed by atoms with Crippen LogP contribution in [0.3, 0.4) is 0 Å². The molecule has 1 fully saturated rings. The summed E-state index contributed by atoms with van der Waals surface area (Å²) in [5.41, 5.74) is 2.21. The molecule has 0 bridgehead atoms. The molecule has 6 heteroatoms.